The minimum absolute atomic E-state index is 0.0690. The molecule has 1 aromatic carbocycles. The van der Waals surface area contributed by atoms with E-state index in [4.69, 9.17) is 4.74 Å². The van der Waals surface area contributed by atoms with Crippen molar-refractivity contribution in [3.05, 3.63) is 30.3 Å². The minimum atomic E-state index is -0.406. The van der Waals surface area contributed by atoms with Gasteiger partial charge in [0.05, 0.1) is 6.04 Å². The van der Waals surface area contributed by atoms with Crippen molar-refractivity contribution in [2.75, 3.05) is 6.61 Å². The van der Waals surface area contributed by atoms with Gasteiger partial charge in [-0.15, -0.1) is 0 Å². The molecule has 0 unspecified atom stereocenters. The number of amides is 1. The second-order valence-corrected chi connectivity index (χ2v) is 4.05. The number of carbonyl (C=O) groups is 2. The van der Waals surface area contributed by atoms with Crippen LogP contribution in [0.25, 0.3) is 0 Å². The van der Waals surface area contributed by atoms with Crippen LogP contribution in [0, 0.1) is 0 Å². The van der Waals surface area contributed by atoms with Gasteiger partial charge in [0, 0.05) is 0 Å². The average Bonchev–Trinajstić information content (AvgIpc) is 2.42. The molecular weight excluding hydrogens is 230 g/mol. The van der Waals surface area contributed by atoms with Gasteiger partial charge >= 0.3 is 0 Å². The molecule has 1 N–H and O–H groups in total. The van der Waals surface area contributed by atoms with E-state index in [9.17, 15) is 9.59 Å². The summed E-state index contributed by atoms with van der Waals surface area (Å²) in [5, 5.41) is 2.64. The monoisotopic (exact) mass is 249 g/mol. The van der Waals surface area contributed by atoms with Crippen molar-refractivity contribution >= 4 is 12.2 Å². The van der Waals surface area contributed by atoms with Gasteiger partial charge in [-0.1, -0.05) is 38.0 Å². The summed E-state index contributed by atoms with van der Waals surface area (Å²) in [5.41, 5.74) is 0. The molecule has 0 aliphatic carbocycles. The summed E-state index contributed by atoms with van der Waals surface area (Å²) in [6.45, 7) is 1.97. The number of benzene rings is 1. The number of para-hydroxylation sites is 1. The van der Waals surface area contributed by atoms with Crippen LogP contribution in [0.2, 0.25) is 0 Å². The zero-order valence-corrected chi connectivity index (χ0v) is 10.6. The zero-order chi connectivity index (χ0) is 13.2. The van der Waals surface area contributed by atoms with Crippen molar-refractivity contribution in [1.82, 2.24) is 5.32 Å². The molecule has 98 valence electrons. The van der Waals surface area contributed by atoms with Gasteiger partial charge in [-0.05, 0) is 18.6 Å². The fraction of sp³-hybridized carbons (Fsp3) is 0.429. The number of ether oxygens (including phenoxy) is 1. The number of nitrogens with one attached hydrogen (secondary N) is 1. The molecule has 0 saturated carbocycles. The molecule has 0 heterocycles. The summed E-state index contributed by atoms with van der Waals surface area (Å²) >= 11 is 0. The first-order chi connectivity index (χ1) is 8.76. The Morgan fingerprint density at radius 3 is 2.72 bits per heavy atom. The summed E-state index contributed by atoms with van der Waals surface area (Å²) in [6.07, 6.45) is 3.37. The molecule has 0 radical (unpaired) electrons. The maximum absolute atomic E-state index is 11.6. The highest BCUT2D eigenvalue weighted by Crippen LogP contribution is 2.07. The quantitative estimate of drug-likeness (QED) is 0.716. The lowest BCUT2D eigenvalue weighted by atomic mass is 10.1. The Morgan fingerprint density at radius 1 is 1.39 bits per heavy atom. The number of hydrogen-bond acceptors (Lipinski definition) is 3. The largest absolute Gasteiger partial charge is 0.484 e. The summed E-state index contributed by atoms with van der Waals surface area (Å²) < 4.78 is 5.29. The van der Waals surface area contributed by atoms with Crippen LogP contribution in [0.15, 0.2) is 30.3 Å². The Labute approximate surface area is 107 Å². The molecule has 0 spiro atoms. The first-order valence-corrected chi connectivity index (χ1v) is 6.18. The molecule has 0 aliphatic heterocycles. The number of rotatable bonds is 8. The van der Waals surface area contributed by atoms with E-state index in [1.165, 1.54) is 0 Å². The van der Waals surface area contributed by atoms with E-state index in [1.807, 2.05) is 25.1 Å². The molecule has 1 amide bonds. The molecule has 1 atom stereocenters. The van der Waals surface area contributed by atoms with Crippen molar-refractivity contribution in [2.45, 2.75) is 32.2 Å². The van der Waals surface area contributed by atoms with Gasteiger partial charge < -0.3 is 14.8 Å². The van der Waals surface area contributed by atoms with Crippen LogP contribution >= 0.6 is 0 Å². The van der Waals surface area contributed by atoms with Gasteiger partial charge in [0.25, 0.3) is 5.91 Å². The van der Waals surface area contributed by atoms with E-state index in [-0.39, 0.29) is 12.5 Å². The van der Waals surface area contributed by atoms with Crippen LogP contribution in [-0.4, -0.2) is 24.8 Å². The first-order valence-electron chi connectivity index (χ1n) is 6.18. The standard InChI is InChI=1S/C14H19NO3/c1-2-3-7-12(10-16)15-14(17)11-18-13-8-5-4-6-9-13/h4-6,8-10,12H,2-3,7,11H2,1H3,(H,15,17)/t12-/m0/s1. The molecule has 0 saturated heterocycles. The minimum Gasteiger partial charge on any atom is -0.484 e. The normalized spacial score (nSPS) is 11.6. The lowest BCUT2D eigenvalue weighted by Gasteiger charge is -2.12. The Morgan fingerprint density at radius 2 is 2.11 bits per heavy atom. The molecule has 1 rings (SSSR count). The van der Waals surface area contributed by atoms with Gasteiger partial charge in [-0.25, -0.2) is 0 Å². The summed E-state index contributed by atoms with van der Waals surface area (Å²) in [7, 11) is 0. The predicted octanol–water partition coefficient (Wildman–Crippen LogP) is 1.94. The lowest BCUT2D eigenvalue weighted by Crippen LogP contribution is -2.38. The van der Waals surface area contributed by atoms with E-state index >= 15 is 0 Å². The van der Waals surface area contributed by atoms with Crippen LogP contribution in [0.1, 0.15) is 26.2 Å². The van der Waals surface area contributed by atoms with Gasteiger partial charge in [0.1, 0.15) is 12.0 Å². The maximum Gasteiger partial charge on any atom is 0.258 e. The Bertz CT molecular complexity index is 365. The number of carbonyl (C=O) groups excluding carboxylic acids is 2. The molecule has 1 aromatic rings. The highest BCUT2D eigenvalue weighted by atomic mass is 16.5. The van der Waals surface area contributed by atoms with Crippen LogP contribution in [0.4, 0.5) is 0 Å². The van der Waals surface area contributed by atoms with Crippen LogP contribution in [-0.2, 0) is 9.59 Å². The molecule has 4 heteroatoms. The van der Waals surface area contributed by atoms with Gasteiger partial charge in [-0.3, -0.25) is 4.79 Å². The fourth-order valence-electron chi connectivity index (χ4n) is 1.51. The van der Waals surface area contributed by atoms with Gasteiger partial charge in [-0.2, -0.15) is 0 Å². The van der Waals surface area contributed by atoms with Crippen molar-refractivity contribution < 1.29 is 14.3 Å². The SMILES string of the molecule is CCCC[C@@H](C=O)NC(=O)COc1ccccc1. The van der Waals surface area contributed by atoms with Crippen LogP contribution in [0.5, 0.6) is 5.75 Å². The molecule has 0 aromatic heterocycles. The number of unbranched alkanes of at least 4 members (excludes halogenated alkanes) is 1. The Hall–Kier alpha value is -1.84. The molecular formula is C14H19NO3. The van der Waals surface area contributed by atoms with Gasteiger partial charge in [0.2, 0.25) is 0 Å². The first kappa shape index (κ1) is 14.2. The van der Waals surface area contributed by atoms with Crippen molar-refractivity contribution in [3.8, 4) is 5.75 Å². The molecule has 0 fully saturated rings. The van der Waals surface area contributed by atoms with E-state index in [1.54, 1.807) is 12.1 Å². The lowest BCUT2D eigenvalue weighted by molar-refractivity contribution is -0.125. The summed E-state index contributed by atoms with van der Waals surface area (Å²) in [6, 6.07) is 8.70. The third kappa shape index (κ3) is 5.48. The Kier molecular flexibility index (Phi) is 6.54. The van der Waals surface area contributed by atoms with Crippen molar-refractivity contribution in [1.29, 1.82) is 0 Å². The highest BCUT2D eigenvalue weighted by molar-refractivity contribution is 5.80. The predicted molar refractivity (Wildman–Crippen MR) is 69.5 cm³/mol. The highest BCUT2D eigenvalue weighted by Gasteiger charge is 2.10. The average molecular weight is 249 g/mol. The molecule has 18 heavy (non-hydrogen) atoms. The fourth-order valence-corrected chi connectivity index (χ4v) is 1.51. The van der Waals surface area contributed by atoms with Crippen molar-refractivity contribution in [2.24, 2.45) is 0 Å². The molecule has 4 nitrogen and oxygen atoms in total. The topological polar surface area (TPSA) is 55.4 Å². The number of aldehydes is 1. The van der Waals surface area contributed by atoms with Crippen LogP contribution < -0.4 is 10.1 Å². The molecule has 0 aliphatic rings. The van der Waals surface area contributed by atoms with Gasteiger partial charge in [0.15, 0.2) is 6.61 Å². The third-order valence-corrected chi connectivity index (χ3v) is 2.49. The molecule has 0 bridgehead atoms. The van der Waals surface area contributed by atoms with Crippen LogP contribution in [0.3, 0.4) is 0 Å². The van der Waals surface area contributed by atoms with Crippen molar-refractivity contribution in [3.63, 3.8) is 0 Å². The second-order valence-electron chi connectivity index (χ2n) is 4.05. The smallest absolute Gasteiger partial charge is 0.258 e. The Balaban J connectivity index is 2.30. The van der Waals surface area contributed by atoms with E-state index in [0.29, 0.717) is 12.2 Å². The summed E-state index contributed by atoms with van der Waals surface area (Å²) in [5.74, 6) is 0.371. The van der Waals surface area contributed by atoms with E-state index < -0.39 is 6.04 Å². The van der Waals surface area contributed by atoms with E-state index in [2.05, 4.69) is 5.32 Å². The number of hydrogen-bond donors (Lipinski definition) is 1. The van der Waals surface area contributed by atoms with E-state index in [0.717, 1.165) is 19.1 Å². The third-order valence-electron chi connectivity index (χ3n) is 2.49. The zero-order valence-electron chi connectivity index (χ0n) is 10.6. The maximum atomic E-state index is 11.6. The summed E-state index contributed by atoms with van der Waals surface area (Å²) in [4.78, 5) is 22.3. The second kappa shape index (κ2) is 8.28.